The molecule has 0 aromatic carbocycles. The second-order valence-corrected chi connectivity index (χ2v) is 6.11. The number of aromatic nitrogens is 1. The Morgan fingerprint density at radius 3 is 2.47 bits per heavy atom. The van der Waals surface area contributed by atoms with E-state index >= 15 is 0 Å². The molecule has 0 saturated carbocycles. The van der Waals surface area contributed by atoms with Gasteiger partial charge >= 0.3 is 0 Å². The monoisotopic (exact) mass is 260 g/mol. The summed E-state index contributed by atoms with van der Waals surface area (Å²) in [5.74, 6) is 0.126. The van der Waals surface area contributed by atoms with Gasteiger partial charge in [0, 0.05) is 12.5 Å². The number of aliphatic hydroxyl groups is 2. The molecule has 96 valence electrons. The van der Waals surface area contributed by atoms with Gasteiger partial charge in [0.05, 0.1) is 18.8 Å². The molecule has 1 rings (SSSR count). The predicted molar refractivity (Wildman–Crippen MR) is 63.5 cm³/mol. The second-order valence-electron chi connectivity index (χ2n) is 4.12. The Balaban J connectivity index is 3.16. The molecule has 1 aromatic rings. The van der Waals surface area contributed by atoms with Crippen molar-refractivity contribution in [2.24, 2.45) is 0 Å². The molecule has 0 bridgehead atoms. The third-order valence-corrected chi connectivity index (χ3v) is 3.42. The van der Waals surface area contributed by atoms with Crippen molar-refractivity contribution in [1.82, 2.24) is 4.98 Å². The van der Waals surface area contributed by atoms with Crippen molar-refractivity contribution in [2.45, 2.75) is 17.4 Å². The van der Waals surface area contributed by atoms with E-state index in [2.05, 4.69) is 10.3 Å². The van der Waals surface area contributed by atoms with Gasteiger partial charge in [-0.2, -0.15) is 0 Å². The van der Waals surface area contributed by atoms with Crippen LogP contribution < -0.4 is 5.32 Å². The average Bonchev–Trinajstić information content (AvgIpc) is 2.28. The lowest BCUT2D eigenvalue weighted by atomic mass is 10.1. The summed E-state index contributed by atoms with van der Waals surface area (Å²) < 4.78 is 23.0. The Morgan fingerprint density at radius 1 is 1.41 bits per heavy atom. The van der Waals surface area contributed by atoms with Gasteiger partial charge in [-0.25, -0.2) is 13.4 Å². The van der Waals surface area contributed by atoms with Crippen LogP contribution in [0.25, 0.3) is 0 Å². The fourth-order valence-electron chi connectivity index (χ4n) is 1.20. The third-order valence-electron chi connectivity index (χ3n) is 2.29. The normalized spacial score (nSPS) is 12.5. The van der Waals surface area contributed by atoms with E-state index in [-0.39, 0.29) is 23.9 Å². The largest absolute Gasteiger partial charge is 0.394 e. The zero-order chi connectivity index (χ0) is 13.1. The zero-order valence-corrected chi connectivity index (χ0v) is 10.5. The molecular weight excluding hydrogens is 244 g/mol. The molecule has 1 aromatic heterocycles. The number of anilines is 1. The number of nitrogens with one attached hydrogen (secondary N) is 1. The average molecular weight is 260 g/mol. The van der Waals surface area contributed by atoms with Crippen LogP contribution in [-0.2, 0) is 9.84 Å². The Labute approximate surface area is 100 Å². The minimum atomic E-state index is -3.41. The van der Waals surface area contributed by atoms with Crippen LogP contribution in [0.15, 0.2) is 23.2 Å². The Hall–Kier alpha value is -1.18. The molecule has 17 heavy (non-hydrogen) atoms. The summed E-state index contributed by atoms with van der Waals surface area (Å²) in [4.78, 5) is 3.95. The standard InChI is InChI=1S/C10H16N2O4S/c1-10(6-13,7-14)12-9-8(17(2,15)16)4-3-5-11-9/h3-5,13-14H,6-7H2,1-2H3,(H,11,12). The van der Waals surface area contributed by atoms with Gasteiger partial charge in [0.25, 0.3) is 0 Å². The first kappa shape index (κ1) is 13.9. The van der Waals surface area contributed by atoms with Crippen molar-refractivity contribution in [3.8, 4) is 0 Å². The summed E-state index contributed by atoms with van der Waals surface area (Å²) in [6, 6.07) is 2.93. The van der Waals surface area contributed by atoms with Gasteiger partial charge in [-0.3, -0.25) is 0 Å². The van der Waals surface area contributed by atoms with Crippen LogP contribution in [0.2, 0.25) is 0 Å². The summed E-state index contributed by atoms with van der Waals surface area (Å²) in [7, 11) is -3.41. The van der Waals surface area contributed by atoms with Crippen molar-refractivity contribution >= 4 is 15.7 Å². The van der Waals surface area contributed by atoms with E-state index in [1.54, 1.807) is 6.92 Å². The highest BCUT2D eigenvalue weighted by Gasteiger charge is 2.25. The SMILES string of the molecule is CC(CO)(CO)Nc1ncccc1S(C)(=O)=O. The zero-order valence-electron chi connectivity index (χ0n) is 9.71. The molecule has 0 amide bonds. The van der Waals surface area contributed by atoms with Crippen molar-refractivity contribution in [3.63, 3.8) is 0 Å². The lowest BCUT2D eigenvalue weighted by Gasteiger charge is -2.27. The van der Waals surface area contributed by atoms with Crippen molar-refractivity contribution in [2.75, 3.05) is 24.8 Å². The van der Waals surface area contributed by atoms with Crippen LogP contribution in [0, 0.1) is 0 Å². The van der Waals surface area contributed by atoms with Crippen LogP contribution in [0.3, 0.4) is 0 Å². The lowest BCUT2D eigenvalue weighted by molar-refractivity contribution is 0.147. The van der Waals surface area contributed by atoms with E-state index in [1.165, 1.54) is 18.3 Å². The number of rotatable bonds is 5. The first-order valence-electron chi connectivity index (χ1n) is 4.97. The highest BCUT2D eigenvalue weighted by molar-refractivity contribution is 7.90. The summed E-state index contributed by atoms with van der Waals surface area (Å²) in [5.41, 5.74) is -1.02. The van der Waals surface area contributed by atoms with Crippen molar-refractivity contribution < 1.29 is 18.6 Å². The Morgan fingerprint density at radius 2 is 2.00 bits per heavy atom. The second kappa shape index (κ2) is 4.99. The molecule has 7 heteroatoms. The summed E-state index contributed by atoms with van der Waals surface area (Å²) in [5, 5.41) is 21.0. The van der Waals surface area contributed by atoms with Gasteiger partial charge in [-0.1, -0.05) is 0 Å². The minimum Gasteiger partial charge on any atom is -0.394 e. The number of hydrogen-bond donors (Lipinski definition) is 3. The van der Waals surface area contributed by atoms with Gasteiger partial charge in [-0.05, 0) is 19.1 Å². The maximum Gasteiger partial charge on any atom is 0.179 e. The molecule has 0 spiro atoms. The number of sulfone groups is 1. The molecule has 0 aliphatic rings. The molecule has 0 aliphatic heterocycles. The van der Waals surface area contributed by atoms with Gasteiger partial charge in [0.1, 0.15) is 10.7 Å². The maximum atomic E-state index is 11.5. The Kier molecular flexibility index (Phi) is 4.07. The molecule has 0 aliphatic carbocycles. The van der Waals surface area contributed by atoms with Crippen LogP contribution in [0.5, 0.6) is 0 Å². The topological polar surface area (TPSA) is 99.5 Å². The van der Waals surface area contributed by atoms with Crippen LogP contribution >= 0.6 is 0 Å². The number of pyridine rings is 1. The first-order valence-corrected chi connectivity index (χ1v) is 6.86. The third kappa shape index (κ3) is 3.39. The van der Waals surface area contributed by atoms with Crippen LogP contribution in [-0.4, -0.2) is 48.6 Å². The van der Waals surface area contributed by atoms with Gasteiger partial charge in [-0.15, -0.1) is 0 Å². The van der Waals surface area contributed by atoms with E-state index < -0.39 is 15.4 Å². The molecule has 0 fully saturated rings. The quantitative estimate of drug-likeness (QED) is 0.668. The minimum absolute atomic E-state index is 0.0353. The molecule has 0 atom stereocenters. The molecule has 3 N–H and O–H groups in total. The van der Waals surface area contributed by atoms with Crippen molar-refractivity contribution in [3.05, 3.63) is 18.3 Å². The fourth-order valence-corrected chi connectivity index (χ4v) is 1.98. The van der Waals surface area contributed by atoms with E-state index in [9.17, 15) is 8.42 Å². The van der Waals surface area contributed by atoms with Gasteiger partial charge in [0.15, 0.2) is 9.84 Å². The molecule has 1 heterocycles. The Bertz CT molecular complexity index is 483. The summed E-state index contributed by atoms with van der Waals surface area (Å²) in [6.07, 6.45) is 2.51. The highest BCUT2D eigenvalue weighted by atomic mass is 32.2. The molecule has 0 unspecified atom stereocenters. The summed E-state index contributed by atoms with van der Waals surface area (Å²) >= 11 is 0. The first-order chi connectivity index (χ1) is 7.82. The van der Waals surface area contributed by atoms with E-state index in [0.29, 0.717) is 0 Å². The molecule has 6 nitrogen and oxygen atoms in total. The highest BCUT2D eigenvalue weighted by Crippen LogP contribution is 2.21. The van der Waals surface area contributed by atoms with Gasteiger partial charge < -0.3 is 15.5 Å². The maximum absolute atomic E-state index is 11.5. The van der Waals surface area contributed by atoms with Crippen LogP contribution in [0.4, 0.5) is 5.82 Å². The number of aliphatic hydroxyl groups excluding tert-OH is 2. The van der Waals surface area contributed by atoms with E-state index in [1.807, 2.05) is 0 Å². The summed E-state index contributed by atoms with van der Waals surface area (Å²) in [6.45, 7) is 0.875. The predicted octanol–water partition coefficient (Wildman–Crippen LogP) is -0.360. The number of hydrogen-bond acceptors (Lipinski definition) is 6. The van der Waals surface area contributed by atoms with E-state index in [4.69, 9.17) is 10.2 Å². The van der Waals surface area contributed by atoms with Gasteiger partial charge in [0.2, 0.25) is 0 Å². The molecular formula is C10H16N2O4S. The van der Waals surface area contributed by atoms with E-state index in [0.717, 1.165) is 6.26 Å². The molecule has 0 saturated heterocycles. The van der Waals surface area contributed by atoms with Crippen LogP contribution in [0.1, 0.15) is 6.92 Å². The smallest absolute Gasteiger partial charge is 0.179 e. The number of nitrogens with zero attached hydrogens (tertiary/aromatic N) is 1. The lowest BCUT2D eigenvalue weighted by Crippen LogP contribution is -2.43. The van der Waals surface area contributed by atoms with Crippen molar-refractivity contribution in [1.29, 1.82) is 0 Å². The fraction of sp³-hybridized carbons (Fsp3) is 0.500. The molecule has 0 radical (unpaired) electrons.